The lowest BCUT2D eigenvalue weighted by Crippen LogP contribution is -2.08. The van der Waals surface area contributed by atoms with E-state index in [0.29, 0.717) is 11.8 Å². The van der Waals surface area contributed by atoms with Gasteiger partial charge in [0.25, 0.3) is 0 Å². The van der Waals surface area contributed by atoms with Crippen LogP contribution in [-0.4, -0.2) is 12.0 Å². The molecular weight excluding hydrogens is 741 g/mol. The summed E-state index contributed by atoms with van der Waals surface area (Å²) in [5.74, 6) is 1.15. The van der Waals surface area contributed by atoms with Gasteiger partial charge < -0.3 is 9.32 Å². The molecule has 0 radical (unpaired) electrons. The van der Waals surface area contributed by atoms with Crippen LogP contribution in [0.1, 0.15) is 59.4 Å². The topological polar surface area (TPSA) is 29.3 Å². The highest BCUT2D eigenvalue weighted by Gasteiger charge is 2.15. The molecule has 0 aliphatic carbocycles. The zero-order valence-corrected chi connectivity index (χ0v) is 37.1. The maximum Gasteiger partial charge on any atom is 0.227 e. The lowest BCUT2D eigenvalue weighted by molar-refractivity contribution is 0.619. The summed E-state index contributed by atoms with van der Waals surface area (Å²) in [6.07, 6.45) is 8.43. The molecule has 0 aliphatic rings. The number of allylic oxidation sites excluding steroid dienone is 4. The van der Waals surface area contributed by atoms with Gasteiger partial charge in [-0.15, -0.1) is 6.58 Å². The van der Waals surface area contributed by atoms with Gasteiger partial charge in [-0.1, -0.05) is 192 Å². The third-order valence-corrected chi connectivity index (χ3v) is 9.88. The summed E-state index contributed by atoms with van der Waals surface area (Å²) in [6, 6.07) is 63.5. The highest BCUT2D eigenvalue weighted by molar-refractivity contribution is 5.92. The van der Waals surface area contributed by atoms with E-state index < -0.39 is 0 Å². The van der Waals surface area contributed by atoms with Crippen molar-refractivity contribution in [3.8, 4) is 44.8 Å². The average Bonchev–Trinajstić information content (AvgIpc) is 3.77. The number of rotatable bonds is 9. The second kappa shape index (κ2) is 25.5. The zero-order valence-electron chi connectivity index (χ0n) is 37.1. The molecule has 0 aliphatic heterocycles. The van der Waals surface area contributed by atoms with Gasteiger partial charge in [0.1, 0.15) is 5.52 Å². The van der Waals surface area contributed by atoms with Crippen molar-refractivity contribution >= 4 is 22.5 Å². The summed E-state index contributed by atoms with van der Waals surface area (Å²) in [5, 5.41) is 0. The molecule has 0 saturated heterocycles. The molecule has 0 fully saturated rings. The van der Waals surface area contributed by atoms with Crippen molar-refractivity contribution in [1.29, 1.82) is 0 Å². The van der Waals surface area contributed by atoms with Crippen LogP contribution in [-0.2, 0) is 0 Å². The van der Waals surface area contributed by atoms with Crippen molar-refractivity contribution in [2.24, 2.45) is 0 Å². The van der Waals surface area contributed by atoms with Gasteiger partial charge in [-0.3, -0.25) is 0 Å². The second-order valence-corrected chi connectivity index (χ2v) is 14.0. The standard InChI is InChI=1S/C42H36N2O.C6H6.C5H8.C3H6.C2H6/c1-4-29(2)33-24-27-41-40(28-33)43-42(45-41)32-20-18-30(19-21-32)36-14-8-10-16-38(36)39-17-11-9-15-37(39)31-22-25-35(26-23-31)44(3)34-12-6-5-7-13-34;1-2-4-6-5-3-1;1-3-5-4-2;1-3-2;1-2/h5-29H,4H2,1-3H3;1-6H;3-5H,1H2,2H3;3H,1H2,2H3;1-2H3/b;;5-4-;;. The van der Waals surface area contributed by atoms with Crippen LogP contribution in [0.5, 0.6) is 0 Å². The zero-order chi connectivity index (χ0) is 43.8. The van der Waals surface area contributed by atoms with Crippen LogP contribution in [0.4, 0.5) is 11.4 Å². The van der Waals surface area contributed by atoms with Gasteiger partial charge in [-0.25, -0.2) is 4.98 Å². The Kier molecular flexibility index (Phi) is 19.5. The van der Waals surface area contributed by atoms with Crippen molar-refractivity contribution in [2.75, 3.05) is 11.9 Å². The number of benzene rings is 7. The van der Waals surface area contributed by atoms with E-state index >= 15 is 0 Å². The van der Waals surface area contributed by atoms with Crippen LogP contribution in [0.15, 0.2) is 224 Å². The highest BCUT2D eigenvalue weighted by Crippen LogP contribution is 2.39. The number of aromatic nitrogens is 1. The van der Waals surface area contributed by atoms with Gasteiger partial charge in [-0.2, -0.15) is 0 Å². The molecule has 0 saturated carbocycles. The van der Waals surface area contributed by atoms with E-state index in [9.17, 15) is 0 Å². The first kappa shape index (κ1) is 46.7. The maximum absolute atomic E-state index is 6.16. The van der Waals surface area contributed by atoms with E-state index in [1.165, 1.54) is 33.4 Å². The number of oxazole rings is 1. The Balaban J connectivity index is 0.000000438. The fraction of sp³-hybridized carbons (Fsp3) is 0.155. The molecule has 0 bridgehead atoms. The molecular formula is C58H62N2O. The fourth-order valence-electron chi connectivity index (χ4n) is 6.53. The highest BCUT2D eigenvalue weighted by atomic mass is 16.3. The Bertz CT molecular complexity index is 2470. The summed E-state index contributed by atoms with van der Waals surface area (Å²) in [5.41, 5.74) is 13.5. The van der Waals surface area contributed by atoms with Gasteiger partial charge >= 0.3 is 0 Å². The van der Waals surface area contributed by atoms with Gasteiger partial charge in [0.15, 0.2) is 5.58 Å². The van der Waals surface area contributed by atoms with Crippen LogP contribution in [0, 0.1) is 0 Å². The Morgan fingerprint density at radius 2 is 1.00 bits per heavy atom. The molecule has 0 N–H and O–H groups in total. The molecule has 8 aromatic rings. The number of hydrogen-bond acceptors (Lipinski definition) is 3. The van der Waals surface area contributed by atoms with Gasteiger partial charge in [-0.05, 0) is 114 Å². The summed E-state index contributed by atoms with van der Waals surface area (Å²) in [6.45, 7) is 19.1. The lowest BCUT2D eigenvalue weighted by atomic mass is 9.89. The van der Waals surface area contributed by atoms with E-state index in [2.05, 4.69) is 172 Å². The predicted octanol–water partition coefficient (Wildman–Crippen LogP) is 17.4. The normalized spacial score (nSPS) is 10.6. The fourth-order valence-corrected chi connectivity index (χ4v) is 6.53. The van der Waals surface area contributed by atoms with Crippen molar-refractivity contribution < 1.29 is 4.42 Å². The molecule has 61 heavy (non-hydrogen) atoms. The minimum Gasteiger partial charge on any atom is -0.436 e. The van der Waals surface area contributed by atoms with Crippen LogP contribution in [0.3, 0.4) is 0 Å². The molecule has 0 amide bonds. The van der Waals surface area contributed by atoms with Gasteiger partial charge in [0.05, 0.1) is 0 Å². The summed E-state index contributed by atoms with van der Waals surface area (Å²) >= 11 is 0. The van der Waals surface area contributed by atoms with E-state index in [1.807, 2.05) is 88.4 Å². The summed E-state index contributed by atoms with van der Waals surface area (Å²) in [4.78, 5) is 7.05. The largest absolute Gasteiger partial charge is 0.436 e. The third kappa shape index (κ3) is 13.3. The van der Waals surface area contributed by atoms with E-state index in [0.717, 1.165) is 40.0 Å². The minimum atomic E-state index is 0.500. The minimum absolute atomic E-state index is 0.500. The van der Waals surface area contributed by atoms with Crippen molar-refractivity contribution in [1.82, 2.24) is 4.98 Å². The Labute approximate surface area is 366 Å². The van der Waals surface area contributed by atoms with Crippen LogP contribution in [0.2, 0.25) is 0 Å². The molecule has 1 unspecified atom stereocenters. The summed E-state index contributed by atoms with van der Waals surface area (Å²) in [7, 11) is 2.10. The molecule has 7 aromatic carbocycles. The summed E-state index contributed by atoms with van der Waals surface area (Å²) < 4.78 is 6.16. The van der Waals surface area contributed by atoms with Crippen LogP contribution < -0.4 is 4.90 Å². The monoisotopic (exact) mass is 802 g/mol. The number of hydrogen-bond donors (Lipinski definition) is 0. The van der Waals surface area contributed by atoms with Gasteiger partial charge in [0, 0.05) is 24.0 Å². The quantitative estimate of drug-likeness (QED) is 0.108. The SMILES string of the molecule is C=C/C=C\C.C=CC.CC.CCC(C)c1ccc2oc(-c3ccc(-c4ccccc4-c4ccccc4-c4ccc(N(C)c5ccccc5)cc4)cc3)nc2c1.c1ccccc1. The third-order valence-electron chi connectivity index (χ3n) is 9.88. The first-order valence-corrected chi connectivity index (χ1v) is 21.3. The Morgan fingerprint density at radius 1 is 0.574 bits per heavy atom. The van der Waals surface area contributed by atoms with Crippen LogP contribution in [0.25, 0.3) is 55.9 Å². The molecule has 8 rings (SSSR count). The van der Waals surface area contributed by atoms with E-state index in [1.54, 1.807) is 12.2 Å². The Hall–Kier alpha value is -6.97. The predicted molar refractivity (Wildman–Crippen MR) is 268 cm³/mol. The molecule has 0 spiro atoms. The van der Waals surface area contributed by atoms with Crippen molar-refractivity contribution in [2.45, 2.75) is 53.9 Å². The molecule has 1 aromatic heterocycles. The average molecular weight is 803 g/mol. The second-order valence-electron chi connectivity index (χ2n) is 14.0. The van der Waals surface area contributed by atoms with E-state index in [4.69, 9.17) is 9.40 Å². The number of para-hydroxylation sites is 1. The number of fused-ring (bicyclic) bond motifs is 1. The number of nitrogens with zero attached hydrogens (tertiary/aromatic N) is 2. The van der Waals surface area contributed by atoms with E-state index in [-0.39, 0.29) is 0 Å². The first-order chi connectivity index (χ1) is 29.9. The van der Waals surface area contributed by atoms with Crippen molar-refractivity contribution in [3.05, 3.63) is 225 Å². The lowest BCUT2D eigenvalue weighted by Gasteiger charge is -2.20. The van der Waals surface area contributed by atoms with Crippen LogP contribution >= 0.6 is 0 Å². The molecule has 3 nitrogen and oxygen atoms in total. The first-order valence-electron chi connectivity index (χ1n) is 21.3. The molecule has 3 heteroatoms. The maximum atomic E-state index is 6.16. The molecule has 1 heterocycles. The molecule has 310 valence electrons. The molecule has 1 atom stereocenters. The Morgan fingerprint density at radius 3 is 1.46 bits per heavy atom. The smallest absolute Gasteiger partial charge is 0.227 e. The van der Waals surface area contributed by atoms with Gasteiger partial charge in [0.2, 0.25) is 5.89 Å². The number of anilines is 2. The van der Waals surface area contributed by atoms with Crippen molar-refractivity contribution in [3.63, 3.8) is 0 Å².